The molecule has 0 atom stereocenters. The minimum absolute atomic E-state index is 0.0504. The van der Waals surface area contributed by atoms with Crippen molar-refractivity contribution in [3.05, 3.63) is 0 Å². The SMILES string of the molecule is CC(C)(C)N=P([S][Ge]([CH3])([CH3])[CH3])(C(C)(C)C)C(C)(C)C. The second-order valence-corrected chi connectivity index (χ2v) is 34.4. The van der Waals surface area contributed by atoms with E-state index in [9.17, 15) is 0 Å². The molecule has 0 radical (unpaired) electrons. The topological polar surface area (TPSA) is 12.4 Å². The van der Waals surface area contributed by atoms with Crippen LogP contribution in [0.25, 0.3) is 0 Å². The van der Waals surface area contributed by atoms with Gasteiger partial charge in [-0.05, 0) is 0 Å². The Morgan fingerprint density at radius 3 is 1.21 bits per heavy atom. The summed E-state index contributed by atoms with van der Waals surface area (Å²) < 4.78 is 5.49. The molecule has 4 heteroatoms. The zero-order chi connectivity index (χ0) is 15.9. The van der Waals surface area contributed by atoms with Gasteiger partial charge in [0, 0.05) is 0 Å². The monoisotopic (exact) mass is 367 g/mol. The summed E-state index contributed by atoms with van der Waals surface area (Å²) in [6, 6.07) is 0. The van der Waals surface area contributed by atoms with Crippen LogP contribution in [0.15, 0.2) is 4.74 Å². The fourth-order valence-corrected chi connectivity index (χ4v) is 38.2. The predicted molar refractivity (Wildman–Crippen MR) is 99.5 cm³/mol. The minimum atomic E-state index is -1.76. The summed E-state index contributed by atoms with van der Waals surface area (Å²) in [5.74, 6) is 7.53. The van der Waals surface area contributed by atoms with Crippen molar-refractivity contribution in [1.29, 1.82) is 0 Å². The molecule has 116 valence electrons. The Hall–Kier alpha value is 1.12. The molecule has 0 amide bonds. The molecular formula is C15H36GeNPS. The molecule has 0 aromatic rings. The molecule has 0 saturated heterocycles. The normalized spacial score (nSPS) is 15.6. The number of hydrogen-bond donors (Lipinski definition) is 0. The van der Waals surface area contributed by atoms with E-state index in [0.717, 1.165) is 0 Å². The Labute approximate surface area is 128 Å². The van der Waals surface area contributed by atoms with Gasteiger partial charge in [-0.1, -0.05) is 0 Å². The van der Waals surface area contributed by atoms with Gasteiger partial charge in [0.25, 0.3) is 0 Å². The second kappa shape index (κ2) is 5.72. The van der Waals surface area contributed by atoms with E-state index in [-0.39, 0.29) is 15.9 Å². The van der Waals surface area contributed by atoms with Crippen molar-refractivity contribution >= 4 is 28.1 Å². The molecule has 0 rings (SSSR count). The standard InChI is InChI=1S/C15H36GeNPS/c1-13(2,3)17-18(14(4,5)6,15(7,8)9)19-16(10,11)12/h1-12H3. The summed E-state index contributed by atoms with van der Waals surface area (Å²) in [5, 5.41) is 0.531. The molecule has 0 aliphatic carbocycles. The van der Waals surface area contributed by atoms with Crippen molar-refractivity contribution in [2.45, 2.75) is 95.4 Å². The van der Waals surface area contributed by atoms with Crippen LogP contribution in [0.5, 0.6) is 0 Å². The van der Waals surface area contributed by atoms with Crippen molar-refractivity contribution < 1.29 is 0 Å². The molecule has 19 heavy (non-hydrogen) atoms. The summed E-state index contributed by atoms with van der Waals surface area (Å²) in [5.41, 5.74) is 0.0504. The van der Waals surface area contributed by atoms with Crippen LogP contribution in [0.1, 0.15) is 62.3 Å². The van der Waals surface area contributed by atoms with Gasteiger partial charge in [-0.25, -0.2) is 0 Å². The van der Waals surface area contributed by atoms with E-state index >= 15 is 0 Å². The van der Waals surface area contributed by atoms with Gasteiger partial charge in [0.05, 0.1) is 0 Å². The van der Waals surface area contributed by atoms with E-state index in [2.05, 4.69) is 89.3 Å². The molecule has 1 nitrogen and oxygen atoms in total. The summed E-state index contributed by atoms with van der Waals surface area (Å²) in [6.07, 6.45) is -1.48. The van der Waals surface area contributed by atoms with Crippen LogP contribution in [0.3, 0.4) is 0 Å². The fraction of sp³-hybridized carbons (Fsp3) is 1.00. The zero-order valence-electron chi connectivity index (χ0n) is 15.3. The van der Waals surface area contributed by atoms with Gasteiger partial charge in [0.1, 0.15) is 0 Å². The van der Waals surface area contributed by atoms with Crippen molar-refractivity contribution in [2.24, 2.45) is 4.74 Å². The maximum absolute atomic E-state index is 5.49. The number of hydrogen-bond acceptors (Lipinski definition) is 2. The van der Waals surface area contributed by atoms with Gasteiger partial charge >= 0.3 is 128 Å². The van der Waals surface area contributed by atoms with E-state index in [0.29, 0.717) is 0 Å². The van der Waals surface area contributed by atoms with Crippen LogP contribution in [-0.2, 0) is 0 Å². The first-order valence-corrected chi connectivity index (χ1v) is 19.3. The van der Waals surface area contributed by atoms with Gasteiger partial charge in [-0.2, -0.15) is 0 Å². The van der Waals surface area contributed by atoms with E-state index in [1.54, 1.807) is 0 Å². The molecular weight excluding hydrogens is 330 g/mol. The second-order valence-electron chi connectivity index (χ2n) is 9.39. The Bertz CT molecular complexity index is 344. The van der Waals surface area contributed by atoms with Crippen molar-refractivity contribution in [3.63, 3.8) is 0 Å². The molecule has 0 unspecified atom stereocenters. The Balaban J connectivity index is 6.33. The van der Waals surface area contributed by atoms with Gasteiger partial charge in [-0.3, -0.25) is 0 Å². The third kappa shape index (κ3) is 5.79. The molecule has 0 N–H and O–H groups in total. The Kier molecular flexibility index (Phi) is 6.06. The van der Waals surface area contributed by atoms with Crippen LogP contribution >= 0.6 is 16.0 Å². The van der Waals surface area contributed by atoms with Gasteiger partial charge in [0.15, 0.2) is 0 Å². The van der Waals surface area contributed by atoms with Crippen molar-refractivity contribution in [3.8, 4) is 0 Å². The van der Waals surface area contributed by atoms with E-state index in [1.165, 1.54) is 0 Å². The average Bonchev–Trinajstić information content (AvgIpc) is 1.91. The number of nitrogens with zero attached hydrogens (tertiary/aromatic N) is 1. The Morgan fingerprint density at radius 2 is 1.05 bits per heavy atom. The quantitative estimate of drug-likeness (QED) is 0.376. The van der Waals surface area contributed by atoms with E-state index in [4.69, 9.17) is 4.74 Å². The van der Waals surface area contributed by atoms with Crippen LogP contribution in [0.4, 0.5) is 0 Å². The molecule has 0 saturated carbocycles. The van der Waals surface area contributed by atoms with Crippen molar-refractivity contribution in [1.82, 2.24) is 0 Å². The molecule has 0 bridgehead atoms. The average molecular weight is 366 g/mol. The van der Waals surface area contributed by atoms with Gasteiger partial charge < -0.3 is 0 Å². The zero-order valence-corrected chi connectivity index (χ0v) is 19.1. The molecule has 0 aliphatic heterocycles. The summed E-state index contributed by atoms with van der Waals surface area (Å²) in [7, 11) is 2.32. The summed E-state index contributed by atoms with van der Waals surface area (Å²) in [6.45, 7) is 21.2. The van der Waals surface area contributed by atoms with Gasteiger partial charge in [-0.15, -0.1) is 0 Å². The van der Waals surface area contributed by atoms with Crippen LogP contribution in [0, 0.1) is 0 Å². The Morgan fingerprint density at radius 1 is 0.737 bits per heavy atom. The van der Waals surface area contributed by atoms with Crippen LogP contribution in [-0.4, -0.2) is 28.0 Å². The molecule has 0 aliphatic rings. The first kappa shape index (κ1) is 20.1. The fourth-order valence-electron chi connectivity index (χ4n) is 2.42. The maximum atomic E-state index is 5.49. The van der Waals surface area contributed by atoms with Crippen LogP contribution < -0.4 is 0 Å². The van der Waals surface area contributed by atoms with E-state index < -0.39 is 18.4 Å². The number of rotatable bonds is 2. The third-order valence-corrected chi connectivity index (χ3v) is 29.3. The molecule has 0 heterocycles. The first-order valence-electron chi connectivity index (χ1n) is 7.26. The van der Waals surface area contributed by atoms with E-state index in [1.807, 2.05) is 0 Å². The molecule has 0 spiro atoms. The van der Waals surface area contributed by atoms with Crippen LogP contribution in [0.2, 0.25) is 17.3 Å². The summed E-state index contributed by atoms with van der Waals surface area (Å²) >= 11 is -1.76. The first-order chi connectivity index (χ1) is 7.91. The summed E-state index contributed by atoms with van der Waals surface area (Å²) in [4.78, 5) is 0. The van der Waals surface area contributed by atoms with Crippen molar-refractivity contribution in [2.75, 3.05) is 0 Å². The third-order valence-electron chi connectivity index (χ3n) is 2.67. The van der Waals surface area contributed by atoms with Gasteiger partial charge in [0.2, 0.25) is 0 Å². The molecule has 0 fully saturated rings. The molecule has 0 aromatic heterocycles. The predicted octanol–water partition coefficient (Wildman–Crippen LogP) is 7.07. The molecule has 0 aromatic carbocycles.